The van der Waals surface area contributed by atoms with Gasteiger partial charge in [-0.15, -0.1) is 0 Å². The van der Waals surface area contributed by atoms with Crippen LogP contribution in [0.5, 0.6) is 0 Å². The number of halogens is 2. The van der Waals surface area contributed by atoms with Crippen molar-refractivity contribution < 1.29 is 4.39 Å². The summed E-state index contributed by atoms with van der Waals surface area (Å²) in [5.41, 5.74) is 0.959. The molecule has 1 aliphatic heterocycles. The Labute approximate surface area is 104 Å². The molecule has 88 valence electrons. The minimum Gasteiger partial charge on any atom is -0.383 e. The van der Waals surface area contributed by atoms with Gasteiger partial charge in [0.15, 0.2) is 0 Å². The van der Waals surface area contributed by atoms with Gasteiger partial charge in [-0.1, -0.05) is 6.42 Å². The molecule has 0 bridgehead atoms. The predicted molar refractivity (Wildman–Crippen MR) is 68.2 cm³/mol. The summed E-state index contributed by atoms with van der Waals surface area (Å²) in [5, 5.41) is 6.79. The van der Waals surface area contributed by atoms with Crippen LogP contribution in [0.3, 0.4) is 0 Å². The first-order valence-electron chi connectivity index (χ1n) is 5.68. The summed E-state index contributed by atoms with van der Waals surface area (Å²) in [4.78, 5) is 0. The van der Waals surface area contributed by atoms with Crippen molar-refractivity contribution in [2.75, 3.05) is 18.4 Å². The van der Waals surface area contributed by atoms with Gasteiger partial charge in [0.05, 0.1) is 4.47 Å². The second-order valence-corrected chi connectivity index (χ2v) is 5.01. The summed E-state index contributed by atoms with van der Waals surface area (Å²) >= 11 is 3.18. The highest BCUT2D eigenvalue weighted by molar-refractivity contribution is 9.10. The quantitative estimate of drug-likeness (QED) is 0.892. The van der Waals surface area contributed by atoms with Crippen LogP contribution in [0, 0.1) is 5.82 Å². The molecule has 1 atom stereocenters. The Bertz CT molecular complexity index is 351. The average Bonchev–Trinajstić information content (AvgIpc) is 2.32. The highest BCUT2D eigenvalue weighted by Gasteiger charge is 2.11. The average molecular weight is 287 g/mol. The standard InChI is InChI=1S/C12H16BrFN2/c13-11-7-9(4-5-12(11)14)16-8-10-3-1-2-6-15-10/h4-5,7,10,15-16H,1-3,6,8H2. The lowest BCUT2D eigenvalue weighted by atomic mass is 10.1. The summed E-state index contributed by atoms with van der Waals surface area (Å²) in [5.74, 6) is -0.221. The van der Waals surface area contributed by atoms with Crippen molar-refractivity contribution in [2.24, 2.45) is 0 Å². The monoisotopic (exact) mass is 286 g/mol. The lowest BCUT2D eigenvalue weighted by molar-refractivity contribution is 0.414. The second-order valence-electron chi connectivity index (χ2n) is 4.16. The Balaban J connectivity index is 1.86. The van der Waals surface area contributed by atoms with Gasteiger partial charge in [0.1, 0.15) is 5.82 Å². The lowest BCUT2D eigenvalue weighted by Crippen LogP contribution is -2.39. The number of piperidine rings is 1. The molecule has 1 heterocycles. The number of benzene rings is 1. The zero-order valence-electron chi connectivity index (χ0n) is 9.10. The SMILES string of the molecule is Fc1ccc(NCC2CCCCN2)cc1Br. The van der Waals surface area contributed by atoms with Crippen molar-refractivity contribution in [1.82, 2.24) is 5.32 Å². The first kappa shape index (κ1) is 11.9. The molecule has 1 fully saturated rings. The van der Waals surface area contributed by atoms with E-state index in [-0.39, 0.29) is 5.82 Å². The number of hydrogen-bond acceptors (Lipinski definition) is 2. The molecule has 0 saturated carbocycles. The van der Waals surface area contributed by atoms with E-state index in [4.69, 9.17) is 0 Å². The highest BCUT2D eigenvalue weighted by atomic mass is 79.9. The number of nitrogens with one attached hydrogen (secondary N) is 2. The first-order chi connectivity index (χ1) is 7.75. The third kappa shape index (κ3) is 3.19. The van der Waals surface area contributed by atoms with Crippen LogP contribution in [0.4, 0.5) is 10.1 Å². The van der Waals surface area contributed by atoms with E-state index in [0.717, 1.165) is 18.8 Å². The normalized spacial score (nSPS) is 20.8. The highest BCUT2D eigenvalue weighted by Crippen LogP contribution is 2.20. The third-order valence-corrected chi connectivity index (χ3v) is 3.49. The molecule has 0 amide bonds. The van der Waals surface area contributed by atoms with Crippen LogP contribution in [0.2, 0.25) is 0 Å². The molecule has 1 aromatic carbocycles. The van der Waals surface area contributed by atoms with Crippen LogP contribution in [-0.4, -0.2) is 19.1 Å². The summed E-state index contributed by atoms with van der Waals surface area (Å²) in [6.07, 6.45) is 3.79. The van der Waals surface area contributed by atoms with Crippen LogP contribution in [0.15, 0.2) is 22.7 Å². The Hall–Kier alpha value is -0.610. The van der Waals surface area contributed by atoms with E-state index in [1.54, 1.807) is 12.1 Å². The molecule has 0 spiro atoms. The second kappa shape index (κ2) is 5.64. The molecule has 0 aromatic heterocycles. The van der Waals surface area contributed by atoms with Crippen molar-refractivity contribution >= 4 is 21.6 Å². The largest absolute Gasteiger partial charge is 0.383 e. The van der Waals surface area contributed by atoms with Gasteiger partial charge in [0, 0.05) is 18.3 Å². The fraction of sp³-hybridized carbons (Fsp3) is 0.500. The Morgan fingerprint density at radius 3 is 3.00 bits per heavy atom. The zero-order valence-corrected chi connectivity index (χ0v) is 10.7. The molecule has 16 heavy (non-hydrogen) atoms. The van der Waals surface area contributed by atoms with Crippen LogP contribution in [0.1, 0.15) is 19.3 Å². The summed E-state index contributed by atoms with van der Waals surface area (Å²) < 4.78 is 13.5. The Morgan fingerprint density at radius 2 is 2.31 bits per heavy atom. The van der Waals surface area contributed by atoms with Gasteiger partial charge in [-0.25, -0.2) is 4.39 Å². The molecule has 1 unspecified atom stereocenters. The van der Waals surface area contributed by atoms with E-state index in [0.29, 0.717) is 10.5 Å². The van der Waals surface area contributed by atoms with Gasteiger partial charge in [-0.3, -0.25) is 0 Å². The number of hydrogen-bond donors (Lipinski definition) is 2. The maximum absolute atomic E-state index is 13.0. The summed E-state index contributed by atoms with van der Waals surface area (Å²) in [7, 11) is 0. The molecule has 0 aliphatic carbocycles. The molecule has 2 rings (SSSR count). The van der Waals surface area contributed by atoms with Gasteiger partial charge >= 0.3 is 0 Å². The third-order valence-electron chi connectivity index (χ3n) is 2.88. The van der Waals surface area contributed by atoms with Crippen molar-refractivity contribution in [1.29, 1.82) is 0 Å². The van der Waals surface area contributed by atoms with Crippen molar-refractivity contribution in [2.45, 2.75) is 25.3 Å². The van der Waals surface area contributed by atoms with Gasteiger partial charge in [-0.05, 0) is 53.5 Å². The first-order valence-corrected chi connectivity index (χ1v) is 6.47. The van der Waals surface area contributed by atoms with Crippen LogP contribution in [0.25, 0.3) is 0 Å². The summed E-state index contributed by atoms with van der Waals surface area (Å²) in [6, 6.07) is 5.56. The van der Waals surface area contributed by atoms with E-state index in [1.165, 1.54) is 25.3 Å². The summed E-state index contributed by atoms with van der Waals surface area (Å²) in [6.45, 7) is 2.01. The molecular weight excluding hydrogens is 271 g/mol. The van der Waals surface area contributed by atoms with Crippen LogP contribution >= 0.6 is 15.9 Å². The maximum Gasteiger partial charge on any atom is 0.137 e. The van der Waals surface area contributed by atoms with Gasteiger partial charge in [0.25, 0.3) is 0 Å². The van der Waals surface area contributed by atoms with Gasteiger partial charge in [0.2, 0.25) is 0 Å². The van der Waals surface area contributed by atoms with E-state index in [1.807, 2.05) is 0 Å². The zero-order chi connectivity index (χ0) is 11.4. The predicted octanol–water partition coefficient (Wildman–Crippen LogP) is 3.14. The van der Waals surface area contributed by atoms with Crippen molar-refractivity contribution in [3.05, 3.63) is 28.5 Å². The lowest BCUT2D eigenvalue weighted by Gasteiger charge is -2.24. The minimum absolute atomic E-state index is 0.221. The molecule has 2 N–H and O–H groups in total. The Kier molecular flexibility index (Phi) is 4.18. The van der Waals surface area contributed by atoms with E-state index in [2.05, 4.69) is 26.6 Å². The van der Waals surface area contributed by atoms with Crippen LogP contribution < -0.4 is 10.6 Å². The van der Waals surface area contributed by atoms with Gasteiger partial charge in [-0.2, -0.15) is 0 Å². The van der Waals surface area contributed by atoms with E-state index >= 15 is 0 Å². The molecule has 1 saturated heterocycles. The van der Waals surface area contributed by atoms with Crippen molar-refractivity contribution in [3.8, 4) is 0 Å². The molecule has 0 radical (unpaired) electrons. The molecule has 1 aromatic rings. The molecule has 2 nitrogen and oxygen atoms in total. The van der Waals surface area contributed by atoms with Crippen molar-refractivity contribution in [3.63, 3.8) is 0 Å². The molecule has 1 aliphatic rings. The van der Waals surface area contributed by atoms with E-state index in [9.17, 15) is 4.39 Å². The Morgan fingerprint density at radius 1 is 1.44 bits per heavy atom. The van der Waals surface area contributed by atoms with Gasteiger partial charge < -0.3 is 10.6 Å². The topological polar surface area (TPSA) is 24.1 Å². The fourth-order valence-electron chi connectivity index (χ4n) is 1.95. The molecular formula is C12H16BrFN2. The minimum atomic E-state index is -0.221. The number of rotatable bonds is 3. The van der Waals surface area contributed by atoms with Crippen LogP contribution in [-0.2, 0) is 0 Å². The van der Waals surface area contributed by atoms with E-state index < -0.39 is 0 Å². The fourth-order valence-corrected chi connectivity index (χ4v) is 2.32. The number of anilines is 1. The molecule has 4 heteroatoms. The maximum atomic E-state index is 13.0. The smallest absolute Gasteiger partial charge is 0.137 e.